The van der Waals surface area contributed by atoms with Crippen LogP contribution < -0.4 is 5.32 Å². The van der Waals surface area contributed by atoms with Gasteiger partial charge in [-0.05, 0) is 54.6 Å². The third-order valence-corrected chi connectivity index (χ3v) is 3.90. The van der Waals surface area contributed by atoms with Crippen LogP contribution in [0.25, 0.3) is 6.08 Å². The molecule has 1 aromatic carbocycles. The van der Waals surface area contributed by atoms with Crippen LogP contribution in [0.1, 0.15) is 16.0 Å². The van der Waals surface area contributed by atoms with Gasteiger partial charge in [-0.2, -0.15) is 0 Å². The summed E-state index contributed by atoms with van der Waals surface area (Å²) >= 11 is 1.52. The molecule has 1 heterocycles. The molecule has 0 aliphatic heterocycles. The maximum absolute atomic E-state index is 11.7. The highest BCUT2D eigenvalue weighted by molar-refractivity contribution is 7.10. The lowest BCUT2D eigenvalue weighted by Gasteiger charge is -2.07. The fraction of sp³-hybridized carbons (Fsp3) is 0.176. The Kier molecular flexibility index (Phi) is 5.49. The van der Waals surface area contributed by atoms with Crippen molar-refractivity contribution < 1.29 is 14.3 Å². The number of aryl methyl sites for hydroxylation is 2. The number of hydrogen-bond acceptors (Lipinski definition) is 4. The van der Waals surface area contributed by atoms with E-state index in [4.69, 9.17) is 4.74 Å². The van der Waals surface area contributed by atoms with E-state index < -0.39 is 5.97 Å². The number of esters is 1. The monoisotopic (exact) mass is 315 g/mol. The van der Waals surface area contributed by atoms with E-state index in [2.05, 4.69) is 5.32 Å². The van der Waals surface area contributed by atoms with Gasteiger partial charge in [0.15, 0.2) is 6.61 Å². The molecule has 2 aromatic rings. The van der Waals surface area contributed by atoms with Crippen LogP contribution in [0.2, 0.25) is 0 Å². The molecule has 1 amide bonds. The molecule has 0 saturated heterocycles. The van der Waals surface area contributed by atoms with E-state index in [9.17, 15) is 9.59 Å². The summed E-state index contributed by atoms with van der Waals surface area (Å²) in [5.74, 6) is -0.898. The molecule has 0 aliphatic rings. The summed E-state index contributed by atoms with van der Waals surface area (Å²) in [6, 6.07) is 9.42. The standard InChI is InChI=1S/C17H17NO3S/c1-12-5-6-14(10-13(12)2)18-16(19)11-21-17(20)8-7-15-4-3-9-22-15/h3-10H,11H2,1-2H3,(H,18,19)/b8-7+. The fourth-order valence-corrected chi connectivity index (χ4v) is 2.36. The third-order valence-electron chi connectivity index (χ3n) is 3.06. The molecule has 0 spiro atoms. The van der Waals surface area contributed by atoms with E-state index in [1.54, 1.807) is 6.08 Å². The number of ether oxygens (including phenoxy) is 1. The molecule has 0 saturated carbocycles. The first kappa shape index (κ1) is 16.0. The summed E-state index contributed by atoms with van der Waals surface area (Å²) in [4.78, 5) is 24.2. The Morgan fingerprint density at radius 1 is 1.23 bits per heavy atom. The van der Waals surface area contributed by atoms with Crippen LogP contribution in [0.4, 0.5) is 5.69 Å². The van der Waals surface area contributed by atoms with Gasteiger partial charge in [-0.25, -0.2) is 4.79 Å². The zero-order chi connectivity index (χ0) is 15.9. The van der Waals surface area contributed by atoms with E-state index >= 15 is 0 Å². The zero-order valence-electron chi connectivity index (χ0n) is 12.5. The van der Waals surface area contributed by atoms with Crippen molar-refractivity contribution in [3.05, 3.63) is 57.8 Å². The number of nitrogens with one attached hydrogen (secondary N) is 1. The van der Waals surface area contributed by atoms with E-state index in [0.717, 1.165) is 16.0 Å². The highest BCUT2D eigenvalue weighted by atomic mass is 32.1. The molecule has 0 atom stereocenters. The van der Waals surface area contributed by atoms with Gasteiger partial charge in [-0.1, -0.05) is 12.1 Å². The van der Waals surface area contributed by atoms with Gasteiger partial charge >= 0.3 is 5.97 Å². The van der Waals surface area contributed by atoms with Crippen molar-refractivity contribution >= 4 is 35.0 Å². The molecule has 0 unspecified atom stereocenters. The Bertz CT molecular complexity index is 690. The Balaban J connectivity index is 1.79. The number of hydrogen-bond donors (Lipinski definition) is 1. The number of thiophene rings is 1. The van der Waals surface area contributed by atoms with E-state index in [1.165, 1.54) is 17.4 Å². The fourth-order valence-electron chi connectivity index (χ4n) is 1.74. The molecular formula is C17H17NO3S. The SMILES string of the molecule is Cc1ccc(NC(=O)COC(=O)/C=C/c2cccs2)cc1C. The average molecular weight is 315 g/mol. The van der Waals surface area contributed by atoms with E-state index in [-0.39, 0.29) is 12.5 Å². The molecule has 0 bridgehead atoms. The van der Waals surface area contributed by atoms with Crippen LogP contribution in [-0.2, 0) is 14.3 Å². The van der Waals surface area contributed by atoms with Gasteiger partial charge in [0.05, 0.1) is 0 Å². The minimum atomic E-state index is -0.538. The zero-order valence-corrected chi connectivity index (χ0v) is 13.3. The van der Waals surface area contributed by atoms with Gasteiger partial charge in [-0.15, -0.1) is 11.3 Å². The van der Waals surface area contributed by atoms with Crippen LogP contribution in [0, 0.1) is 13.8 Å². The molecule has 1 N–H and O–H groups in total. The van der Waals surface area contributed by atoms with Gasteiger partial charge in [0, 0.05) is 16.6 Å². The number of benzene rings is 1. The number of rotatable bonds is 5. The summed E-state index contributed by atoms with van der Waals surface area (Å²) < 4.78 is 4.90. The van der Waals surface area contributed by atoms with E-state index in [1.807, 2.05) is 49.6 Å². The Labute approximate surface area is 133 Å². The average Bonchev–Trinajstić information content (AvgIpc) is 3.00. The molecule has 1 aromatic heterocycles. The number of carbonyl (C=O) groups excluding carboxylic acids is 2. The highest BCUT2D eigenvalue weighted by Crippen LogP contribution is 2.14. The van der Waals surface area contributed by atoms with Crippen molar-refractivity contribution in [1.82, 2.24) is 0 Å². The van der Waals surface area contributed by atoms with Crippen molar-refractivity contribution in [3.8, 4) is 0 Å². The second kappa shape index (κ2) is 7.56. The predicted molar refractivity (Wildman–Crippen MR) is 88.9 cm³/mol. The number of amides is 1. The quantitative estimate of drug-likeness (QED) is 0.678. The molecule has 2 rings (SSSR count). The van der Waals surface area contributed by atoms with Crippen molar-refractivity contribution in [2.24, 2.45) is 0 Å². The molecule has 0 aliphatic carbocycles. The lowest BCUT2D eigenvalue weighted by Crippen LogP contribution is -2.20. The lowest BCUT2D eigenvalue weighted by atomic mass is 10.1. The van der Waals surface area contributed by atoms with Crippen molar-refractivity contribution in [2.75, 3.05) is 11.9 Å². The van der Waals surface area contributed by atoms with Crippen LogP contribution in [0.15, 0.2) is 41.8 Å². The Hall–Kier alpha value is -2.40. The summed E-state index contributed by atoms with van der Waals surface area (Å²) in [6.45, 7) is 3.67. The van der Waals surface area contributed by atoms with E-state index in [0.29, 0.717) is 5.69 Å². The summed E-state index contributed by atoms with van der Waals surface area (Å²) in [5, 5.41) is 4.62. The Morgan fingerprint density at radius 3 is 2.73 bits per heavy atom. The number of carbonyl (C=O) groups is 2. The third kappa shape index (κ3) is 4.86. The van der Waals surface area contributed by atoms with Crippen LogP contribution >= 0.6 is 11.3 Å². The Morgan fingerprint density at radius 2 is 2.05 bits per heavy atom. The molecule has 114 valence electrons. The van der Waals surface area contributed by atoms with Crippen molar-refractivity contribution in [3.63, 3.8) is 0 Å². The molecule has 0 fully saturated rings. The summed E-state index contributed by atoms with van der Waals surface area (Å²) in [6.07, 6.45) is 2.98. The first-order valence-corrected chi connectivity index (χ1v) is 7.68. The van der Waals surface area contributed by atoms with Gasteiger partial charge in [0.2, 0.25) is 0 Å². The first-order chi connectivity index (χ1) is 10.5. The largest absolute Gasteiger partial charge is 0.452 e. The van der Waals surface area contributed by atoms with Gasteiger partial charge in [-0.3, -0.25) is 4.79 Å². The molecule has 4 nitrogen and oxygen atoms in total. The minimum Gasteiger partial charge on any atom is -0.452 e. The maximum Gasteiger partial charge on any atom is 0.331 e. The van der Waals surface area contributed by atoms with Crippen LogP contribution in [0.5, 0.6) is 0 Å². The van der Waals surface area contributed by atoms with Crippen LogP contribution in [0.3, 0.4) is 0 Å². The van der Waals surface area contributed by atoms with Gasteiger partial charge < -0.3 is 10.1 Å². The minimum absolute atomic E-state index is 0.305. The van der Waals surface area contributed by atoms with Gasteiger partial charge in [0.1, 0.15) is 0 Å². The van der Waals surface area contributed by atoms with Crippen molar-refractivity contribution in [2.45, 2.75) is 13.8 Å². The maximum atomic E-state index is 11.7. The molecular weight excluding hydrogens is 298 g/mol. The normalized spacial score (nSPS) is 10.6. The number of anilines is 1. The lowest BCUT2D eigenvalue weighted by molar-refractivity contribution is -0.142. The smallest absolute Gasteiger partial charge is 0.331 e. The molecule has 5 heteroatoms. The summed E-state index contributed by atoms with van der Waals surface area (Å²) in [7, 11) is 0. The predicted octanol–water partition coefficient (Wildman–Crippen LogP) is 3.56. The first-order valence-electron chi connectivity index (χ1n) is 6.80. The van der Waals surface area contributed by atoms with Crippen molar-refractivity contribution in [1.29, 1.82) is 0 Å². The summed E-state index contributed by atoms with van der Waals surface area (Å²) in [5.41, 5.74) is 2.94. The van der Waals surface area contributed by atoms with Gasteiger partial charge in [0.25, 0.3) is 5.91 Å². The molecule has 0 radical (unpaired) electrons. The molecule has 22 heavy (non-hydrogen) atoms. The second-order valence-corrected chi connectivity index (χ2v) is 5.78. The highest BCUT2D eigenvalue weighted by Gasteiger charge is 2.06. The second-order valence-electron chi connectivity index (χ2n) is 4.80. The van der Waals surface area contributed by atoms with Crippen LogP contribution in [-0.4, -0.2) is 18.5 Å². The topological polar surface area (TPSA) is 55.4 Å².